The molecule has 1 aliphatic carbocycles. The summed E-state index contributed by atoms with van der Waals surface area (Å²) < 4.78 is 45.1. The van der Waals surface area contributed by atoms with E-state index in [0.29, 0.717) is 12.7 Å². The molecule has 1 N–H and O–H groups in total. The van der Waals surface area contributed by atoms with Crippen LogP contribution in [0.15, 0.2) is 12.1 Å². The fourth-order valence-corrected chi connectivity index (χ4v) is 2.65. The molecule has 0 radical (unpaired) electrons. The van der Waals surface area contributed by atoms with Crippen LogP contribution in [0.5, 0.6) is 0 Å². The summed E-state index contributed by atoms with van der Waals surface area (Å²) in [6, 6.07) is 1.66. The molecule has 1 aliphatic rings. The van der Waals surface area contributed by atoms with Crippen LogP contribution in [0.4, 0.5) is 13.2 Å². The normalized spacial score (nSPS) is 24.5. The Balaban J connectivity index is 1.96. The molecule has 1 saturated carbocycles. The number of halogens is 3. The van der Waals surface area contributed by atoms with Crippen molar-refractivity contribution >= 4 is 0 Å². The maximum absolute atomic E-state index is 13.5. The molecule has 1 aromatic carbocycles. The van der Waals surface area contributed by atoms with Gasteiger partial charge in [0.2, 0.25) is 0 Å². The highest BCUT2D eigenvalue weighted by Gasteiger charge is 2.48. The van der Waals surface area contributed by atoms with E-state index < -0.39 is 17.5 Å². The maximum Gasteiger partial charge on any atom is 0.161 e. The summed E-state index contributed by atoms with van der Waals surface area (Å²) in [6.07, 6.45) is 1.02. The van der Waals surface area contributed by atoms with E-state index in [0.717, 1.165) is 12.5 Å². The van der Waals surface area contributed by atoms with Crippen molar-refractivity contribution < 1.29 is 17.9 Å². The molecule has 1 aromatic rings. The Hall–Kier alpha value is -1.07. The SMILES string of the molecule is CCOC1CC(NCc2cc(F)c(F)cc2F)C1(C)C. The van der Waals surface area contributed by atoms with Crippen LogP contribution in [0.1, 0.15) is 32.8 Å². The molecule has 0 saturated heterocycles. The third-order valence-electron chi connectivity index (χ3n) is 4.17. The number of nitrogens with one attached hydrogen (secondary N) is 1. The van der Waals surface area contributed by atoms with Gasteiger partial charge in [0, 0.05) is 36.2 Å². The van der Waals surface area contributed by atoms with Crippen molar-refractivity contribution in [2.45, 2.75) is 45.9 Å². The lowest BCUT2D eigenvalue weighted by Crippen LogP contribution is -2.60. The van der Waals surface area contributed by atoms with Crippen LogP contribution in [-0.2, 0) is 11.3 Å². The molecular weight excluding hydrogens is 267 g/mol. The molecule has 2 rings (SSSR count). The van der Waals surface area contributed by atoms with Crippen molar-refractivity contribution in [3.05, 3.63) is 35.1 Å². The van der Waals surface area contributed by atoms with Crippen molar-refractivity contribution in [2.24, 2.45) is 5.41 Å². The Bertz CT molecular complexity index is 490. The van der Waals surface area contributed by atoms with Gasteiger partial charge in [-0.25, -0.2) is 13.2 Å². The van der Waals surface area contributed by atoms with E-state index in [4.69, 9.17) is 4.74 Å². The van der Waals surface area contributed by atoms with Gasteiger partial charge < -0.3 is 10.1 Å². The predicted octanol–water partition coefficient (Wildman–Crippen LogP) is 3.40. The molecule has 20 heavy (non-hydrogen) atoms. The van der Waals surface area contributed by atoms with Crippen LogP contribution in [0.3, 0.4) is 0 Å². The van der Waals surface area contributed by atoms with Crippen molar-refractivity contribution in [1.82, 2.24) is 5.32 Å². The predicted molar refractivity (Wildman–Crippen MR) is 70.8 cm³/mol. The average Bonchev–Trinajstić information content (AvgIpc) is 2.38. The lowest BCUT2D eigenvalue weighted by atomic mass is 9.64. The molecule has 0 heterocycles. The van der Waals surface area contributed by atoms with Crippen LogP contribution >= 0.6 is 0 Å². The Kier molecular flexibility index (Phi) is 4.39. The molecule has 0 spiro atoms. The van der Waals surface area contributed by atoms with Crippen molar-refractivity contribution in [3.63, 3.8) is 0 Å². The highest BCUT2D eigenvalue weighted by atomic mass is 19.2. The number of rotatable bonds is 5. The molecule has 0 aromatic heterocycles. The van der Waals surface area contributed by atoms with Gasteiger partial charge in [0.25, 0.3) is 0 Å². The minimum Gasteiger partial charge on any atom is -0.378 e. The fraction of sp³-hybridized carbons (Fsp3) is 0.600. The highest BCUT2D eigenvalue weighted by molar-refractivity contribution is 5.20. The molecule has 0 bridgehead atoms. The van der Waals surface area contributed by atoms with E-state index in [2.05, 4.69) is 19.2 Å². The van der Waals surface area contributed by atoms with Crippen LogP contribution in [0.25, 0.3) is 0 Å². The smallest absolute Gasteiger partial charge is 0.161 e. The fourth-order valence-electron chi connectivity index (χ4n) is 2.65. The first kappa shape index (κ1) is 15.3. The van der Waals surface area contributed by atoms with E-state index in [1.165, 1.54) is 0 Å². The van der Waals surface area contributed by atoms with E-state index in [1.54, 1.807) is 0 Å². The van der Waals surface area contributed by atoms with Gasteiger partial charge in [-0.3, -0.25) is 0 Å². The lowest BCUT2D eigenvalue weighted by Gasteiger charge is -2.52. The number of hydrogen-bond donors (Lipinski definition) is 1. The van der Waals surface area contributed by atoms with E-state index in [1.807, 2.05) is 6.92 Å². The van der Waals surface area contributed by atoms with Crippen molar-refractivity contribution in [1.29, 1.82) is 0 Å². The zero-order chi connectivity index (χ0) is 14.9. The van der Waals surface area contributed by atoms with E-state index >= 15 is 0 Å². The van der Waals surface area contributed by atoms with E-state index in [-0.39, 0.29) is 29.7 Å². The molecule has 0 amide bonds. The zero-order valence-electron chi connectivity index (χ0n) is 12.0. The second kappa shape index (κ2) is 5.74. The molecule has 2 nitrogen and oxygen atoms in total. The lowest BCUT2D eigenvalue weighted by molar-refractivity contribution is -0.114. The maximum atomic E-state index is 13.5. The van der Waals surface area contributed by atoms with Crippen molar-refractivity contribution in [3.8, 4) is 0 Å². The third kappa shape index (κ3) is 2.83. The summed E-state index contributed by atoms with van der Waals surface area (Å²) in [6.45, 7) is 6.95. The molecule has 1 fully saturated rings. The van der Waals surface area contributed by atoms with Gasteiger partial charge in [0.1, 0.15) is 5.82 Å². The summed E-state index contributed by atoms with van der Waals surface area (Å²) in [5.41, 5.74) is 0.0879. The Morgan fingerprint density at radius 2 is 1.85 bits per heavy atom. The Morgan fingerprint density at radius 1 is 1.20 bits per heavy atom. The number of benzene rings is 1. The summed E-state index contributed by atoms with van der Waals surface area (Å²) >= 11 is 0. The molecule has 112 valence electrons. The summed E-state index contributed by atoms with van der Waals surface area (Å²) in [4.78, 5) is 0. The van der Waals surface area contributed by atoms with Gasteiger partial charge in [0.05, 0.1) is 6.10 Å². The minimum atomic E-state index is -1.16. The third-order valence-corrected chi connectivity index (χ3v) is 4.17. The van der Waals surface area contributed by atoms with Crippen LogP contribution in [-0.4, -0.2) is 18.8 Å². The standard InChI is InChI=1S/C15H20F3NO/c1-4-20-14-7-13(15(14,2)3)19-8-9-5-11(17)12(18)6-10(9)16/h5-6,13-14,19H,4,7-8H2,1-3H3. The average molecular weight is 287 g/mol. The second-order valence-corrected chi connectivity index (χ2v) is 5.79. The van der Waals surface area contributed by atoms with Gasteiger partial charge >= 0.3 is 0 Å². The molecular formula is C15H20F3NO. The zero-order valence-corrected chi connectivity index (χ0v) is 12.0. The number of ether oxygens (including phenoxy) is 1. The highest BCUT2D eigenvalue weighted by Crippen LogP contribution is 2.42. The number of hydrogen-bond acceptors (Lipinski definition) is 2. The first-order chi connectivity index (χ1) is 9.36. The molecule has 0 aliphatic heterocycles. The van der Waals surface area contributed by atoms with Gasteiger partial charge in [-0.05, 0) is 19.4 Å². The largest absolute Gasteiger partial charge is 0.378 e. The second-order valence-electron chi connectivity index (χ2n) is 5.79. The molecule has 5 heteroatoms. The van der Waals surface area contributed by atoms with E-state index in [9.17, 15) is 13.2 Å². The van der Waals surface area contributed by atoms with Crippen LogP contribution < -0.4 is 5.32 Å². The summed E-state index contributed by atoms with van der Waals surface area (Å²) in [5, 5.41) is 3.19. The minimum absolute atomic E-state index is 0.0505. The summed E-state index contributed by atoms with van der Waals surface area (Å²) in [7, 11) is 0. The summed E-state index contributed by atoms with van der Waals surface area (Å²) in [5.74, 6) is -2.91. The van der Waals surface area contributed by atoms with Gasteiger partial charge in [-0.2, -0.15) is 0 Å². The topological polar surface area (TPSA) is 21.3 Å². The quantitative estimate of drug-likeness (QED) is 0.838. The van der Waals surface area contributed by atoms with Crippen molar-refractivity contribution in [2.75, 3.05) is 6.61 Å². The first-order valence-corrected chi connectivity index (χ1v) is 6.84. The van der Waals surface area contributed by atoms with Gasteiger partial charge in [0.15, 0.2) is 11.6 Å². The first-order valence-electron chi connectivity index (χ1n) is 6.84. The Morgan fingerprint density at radius 3 is 2.45 bits per heavy atom. The monoisotopic (exact) mass is 287 g/mol. The van der Waals surface area contributed by atoms with Gasteiger partial charge in [-0.15, -0.1) is 0 Å². The Labute approximate surface area is 117 Å². The molecule has 2 atom stereocenters. The van der Waals surface area contributed by atoms with Gasteiger partial charge in [-0.1, -0.05) is 13.8 Å². The molecule has 2 unspecified atom stereocenters. The van der Waals surface area contributed by atoms with Crippen LogP contribution in [0.2, 0.25) is 0 Å². The van der Waals surface area contributed by atoms with Crippen LogP contribution in [0, 0.1) is 22.9 Å².